The number of halogens is 1. The number of nitrogens with one attached hydrogen (secondary N) is 1. The van der Waals surface area contributed by atoms with E-state index >= 15 is 0 Å². The van der Waals surface area contributed by atoms with Gasteiger partial charge in [-0.1, -0.05) is 11.6 Å². The van der Waals surface area contributed by atoms with Crippen molar-refractivity contribution in [2.75, 3.05) is 5.32 Å². The van der Waals surface area contributed by atoms with E-state index in [0.717, 1.165) is 11.3 Å². The van der Waals surface area contributed by atoms with Crippen molar-refractivity contribution in [2.45, 2.75) is 0 Å². The Kier molecular flexibility index (Phi) is 3.54. The van der Waals surface area contributed by atoms with E-state index < -0.39 is 11.9 Å². The SMILES string of the molecule is O=C(Nc1ccc(C(=O)O)s1)c1cnc(Cl)cn1. The van der Waals surface area contributed by atoms with Crippen LogP contribution in [0.25, 0.3) is 0 Å². The molecule has 92 valence electrons. The summed E-state index contributed by atoms with van der Waals surface area (Å²) >= 11 is 6.51. The van der Waals surface area contributed by atoms with Crippen LogP contribution in [0, 0.1) is 0 Å². The standard InChI is InChI=1S/C10H6ClN3O3S/c11-7-4-12-5(3-13-7)9(15)14-8-2-1-6(18-8)10(16)17/h1-4H,(H,14,15)(H,16,17). The van der Waals surface area contributed by atoms with Crippen LogP contribution in [0.3, 0.4) is 0 Å². The van der Waals surface area contributed by atoms with Crippen LogP contribution in [0.5, 0.6) is 0 Å². The monoisotopic (exact) mass is 283 g/mol. The number of carbonyl (C=O) groups is 2. The molecule has 0 aliphatic heterocycles. The number of nitrogens with zero attached hydrogens (tertiary/aromatic N) is 2. The van der Waals surface area contributed by atoms with Gasteiger partial charge in [0.15, 0.2) is 0 Å². The molecular formula is C10H6ClN3O3S. The lowest BCUT2D eigenvalue weighted by molar-refractivity contribution is 0.0702. The van der Waals surface area contributed by atoms with Crippen molar-refractivity contribution in [1.82, 2.24) is 9.97 Å². The lowest BCUT2D eigenvalue weighted by Gasteiger charge is -2.00. The Morgan fingerprint density at radius 2 is 2.06 bits per heavy atom. The Hall–Kier alpha value is -1.99. The van der Waals surface area contributed by atoms with E-state index in [-0.39, 0.29) is 15.7 Å². The van der Waals surface area contributed by atoms with Crippen LogP contribution >= 0.6 is 22.9 Å². The van der Waals surface area contributed by atoms with Gasteiger partial charge in [-0.15, -0.1) is 11.3 Å². The third-order valence-corrected chi connectivity index (χ3v) is 3.09. The maximum atomic E-state index is 11.7. The van der Waals surface area contributed by atoms with Crippen LogP contribution in [-0.4, -0.2) is 27.0 Å². The van der Waals surface area contributed by atoms with Gasteiger partial charge in [0, 0.05) is 0 Å². The van der Waals surface area contributed by atoms with Crippen molar-refractivity contribution in [1.29, 1.82) is 0 Å². The van der Waals surface area contributed by atoms with Crippen LogP contribution in [0.1, 0.15) is 20.2 Å². The fourth-order valence-electron chi connectivity index (χ4n) is 1.13. The van der Waals surface area contributed by atoms with Gasteiger partial charge in [-0.2, -0.15) is 0 Å². The van der Waals surface area contributed by atoms with Crippen LogP contribution in [0.15, 0.2) is 24.5 Å². The topological polar surface area (TPSA) is 92.2 Å². The lowest BCUT2D eigenvalue weighted by Crippen LogP contribution is -2.12. The van der Waals surface area contributed by atoms with Crippen LogP contribution < -0.4 is 5.32 Å². The first-order valence-electron chi connectivity index (χ1n) is 4.68. The predicted molar refractivity (Wildman–Crippen MR) is 66.3 cm³/mol. The number of carboxylic acid groups (broad SMARTS) is 1. The summed E-state index contributed by atoms with van der Waals surface area (Å²) in [5, 5.41) is 11.9. The maximum Gasteiger partial charge on any atom is 0.345 e. The molecule has 2 aromatic rings. The average Bonchev–Trinajstić information content (AvgIpc) is 2.78. The third-order valence-electron chi connectivity index (χ3n) is 1.91. The summed E-state index contributed by atoms with van der Waals surface area (Å²) in [4.78, 5) is 30.0. The molecule has 0 aliphatic rings. The molecule has 0 aliphatic carbocycles. The summed E-state index contributed by atoms with van der Waals surface area (Å²) in [7, 11) is 0. The molecular weight excluding hydrogens is 278 g/mol. The second-order valence-electron chi connectivity index (χ2n) is 3.15. The number of thiophene rings is 1. The van der Waals surface area contributed by atoms with Crippen molar-refractivity contribution in [3.63, 3.8) is 0 Å². The number of aromatic carboxylic acids is 1. The second kappa shape index (κ2) is 5.11. The molecule has 2 aromatic heterocycles. The highest BCUT2D eigenvalue weighted by Gasteiger charge is 2.11. The summed E-state index contributed by atoms with van der Waals surface area (Å²) in [6, 6.07) is 2.92. The third kappa shape index (κ3) is 2.82. The number of carboxylic acids is 1. The highest BCUT2D eigenvalue weighted by atomic mass is 35.5. The van der Waals surface area contributed by atoms with E-state index in [2.05, 4.69) is 15.3 Å². The van der Waals surface area contributed by atoms with Gasteiger partial charge >= 0.3 is 5.97 Å². The molecule has 2 N–H and O–H groups in total. The van der Waals surface area contributed by atoms with E-state index in [4.69, 9.17) is 16.7 Å². The van der Waals surface area contributed by atoms with Gasteiger partial charge in [0.2, 0.25) is 0 Å². The van der Waals surface area contributed by atoms with E-state index in [0.29, 0.717) is 5.00 Å². The van der Waals surface area contributed by atoms with Crippen LogP contribution in [-0.2, 0) is 0 Å². The van der Waals surface area contributed by atoms with Crippen molar-refractivity contribution < 1.29 is 14.7 Å². The first-order chi connectivity index (χ1) is 8.56. The van der Waals surface area contributed by atoms with E-state index in [1.54, 1.807) is 0 Å². The molecule has 8 heteroatoms. The summed E-state index contributed by atoms with van der Waals surface area (Å²) < 4.78 is 0. The van der Waals surface area contributed by atoms with Gasteiger partial charge in [0.1, 0.15) is 15.7 Å². The minimum absolute atomic E-state index is 0.102. The molecule has 0 spiro atoms. The van der Waals surface area contributed by atoms with Gasteiger partial charge in [0.25, 0.3) is 5.91 Å². The predicted octanol–water partition coefficient (Wildman–Crippen LogP) is 2.14. The van der Waals surface area contributed by atoms with Gasteiger partial charge in [-0.05, 0) is 12.1 Å². The molecule has 0 radical (unpaired) electrons. The van der Waals surface area contributed by atoms with Crippen molar-refractivity contribution in [3.05, 3.63) is 40.3 Å². The van der Waals surface area contributed by atoms with Crippen molar-refractivity contribution >= 4 is 39.8 Å². The zero-order valence-electron chi connectivity index (χ0n) is 8.75. The molecule has 0 saturated carbocycles. The molecule has 2 heterocycles. The molecule has 0 bridgehead atoms. The number of hydrogen-bond acceptors (Lipinski definition) is 5. The van der Waals surface area contributed by atoms with E-state index in [9.17, 15) is 9.59 Å². The molecule has 0 saturated heterocycles. The van der Waals surface area contributed by atoms with Gasteiger partial charge in [-0.25, -0.2) is 14.8 Å². The molecule has 18 heavy (non-hydrogen) atoms. The Morgan fingerprint density at radius 3 is 2.61 bits per heavy atom. The molecule has 0 unspecified atom stereocenters. The number of aromatic nitrogens is 2. The quantitative estimate of drug-likeness (QED) is 0.900. The fraction of sp³-hybridized carbons (Fsp3) is 0. The molecule has 2 rings (SSSR count). The summed E-state index contributed by atoms with van der Waals surface area (Å²) in [6.07, 6.45) is 2.50. The van der Waals surface area contributed by atoms with E-state index in [1.807, 2.05) is 0 Å². The highest BCUT2D eigenvalue weighted by Crippen LogP contribution is 2.22. The van der Waals surface area contributed by atoms with Crippen LogP contribution in [0.2, 0.25) is 5.15 Å². The summed E-state index contributed by atoms with van der Waals surface area (Å²) in [5.41, 5.74) is 0.102. The number of rotatable bonds is 3. The largest absolute Gasteiger partial charge is 0.477 e. The number of hydrogen-bond donors (Lipinski definition) is 2. The minimum atomic E-state index is -1.04. The molecule has 0 aromatic carbocycles. The van der Waals surface area contributed by atoms with Crippen molar-refractivity contribution in [2.24, 2.45) is 0 Å². The highest BCUT2D eigenvalue weighted by molar-refractivity contribution is 7.18. The Balaban J connectivity index is 2.11. The maximum absolute atomic E-state index is 11.7. The molecule has 6 nitrogen and oxygen atoms in total. The van der Waals surface area contributed by atoms with Crippen LogP contribution in [0.4, 0.5) is 5.00 Å². The van der Waals surface area contributed by atoms with Crippen molar-refractivity contribution in [3.8, 4) is 0 Å². The Morgan fingerprint density at radius 1 is 1.28 bits per heavy atom. The first-order valence-corrected chi connectivity index (χ1v) is 5.88. The second-order valence-corrected chi connectivity index (χ2v) is 4.62. The molecule has 1 amide bonds. The molecule has 0 atom stereocenters. The summed E-state index contributed by atoms with van der Waals surface area (Å²) in [5.74, 6) is -1.51. The van der Waals surface area contributed by atoms with Gasteiger partial charge < -0.3 is 10.4 Å². The Bertz CT molecular complexity index is 597. The number of anilines is 1. The van der Waals surface area contributed by atoms with E-state index in [1.165, 1.54) is 24.5 Å². The summed E-state index contributed by atoms with van der Waals surface area (Å²) in [6.45, 7) is 0. The Labute approximate surface area is 110 Å². The minimum Gasteiger partial charge on any atom is -0.477 e. The fourth-order valence-corrected chi connectivity index (χ4v) is 1.96. The number of amides is 1. The van der Waals surface area contributed by atoms with Gasteiger partial charge in [-0.3, -0.25) is 4.79 Å². The van der Waals surface area contributed by atoms with Gasteiger partial charge in [0.05, 0.1) is 17.4 Å². The normalized spacial score (nSPS) is 10.1. The smallest absolute Gasteiger partial charge is 0.345 e. The molecule has 0 fully saturated rings. The number of carbonyl (C=O) groups excluding carboxylic acids is 1. The average molecular weight is 284 g/mol. The zero-order valence-corrected chi connectivity index (χ0v) is 10.3. The zero-order chi connectivity index (χ0) is 13.1. The lowest BCUT2D eigenvalue weighted by atomic mass is 10.4. The first kappa shape index (κ1) is 12.5.